The monoisotopic (exact) mass is 656 g/mol. The largest absolute Gasteiger partial charge is 0.573 e. The lowest BCUT2D eigenvalue weighted by Gasteiger charge is -2.33. The molecule has 4 aromatic rings. The average molecular weight is 657 g/mol. The summed E-state index contributed by atoms with van der Waals surface area (Å²) in [5.41, 5.74) is 4.15. The number of hydrogen-bond acceptors (Lipinski definition) is 7. The van der Waals surface area contributed by atoms with Crippen LogP contribution in [-0.4, -0.2) is 56.1 Å². The van der Waals surface area contributed by atoms with E-state index < -0.39 is 12.7 Å². The Kier molecular flexibility index (Phi) is 10.3. The van der Waals surface area contributed by atoms with Gasteiger partial charge in [0.2, 0.25) is 6.35 Å². The van der Waals surface area contributed by atoms with Crippen molar-refractivity contribution in [3.8, 4) is 22.8 Å². The Morgan fingerprint density at radius 1 is 1.00 bits per heavy atom. The maximum Gasteiger partial charge on any atom is 0.573 e. The lowest BCUT2D eigenvalue weighted by atomic mass is 9.93. The first-order valence-electron chi connectivity index (χ1n) is 15.0. The molecule has 3 atom stereocenters. The molecule has 3 unspecified atom stereocenters. The predicted molar refractivity (Wildman–Crippen MR) is 173 cm³/mol. The van der Waals surface area contributed by atoms with Crippen molar-refractivity contribution in [2.75, 3.05) is 17.2 Å². The molecule has 2 heterocycles. The fourth-order valence-electron chi connectivity index (χ4n) is 5.19. The molecule has 0 radical (unpaired) electrons. The van der Waals surface area contributed by atoms with Gasteiger partial charge in [-0.3, -0.25) is 5.32 Å². The summed E-state index contributed by atoms with van der Waals surface area (Å²) in [5.74, 6) is 0.907. The zero-order chi connectivity index (χ0) is 33.0. The Labute approximate surface area is 269 Å². The van der Waals surface area contributed by atoms with Gasteiger partial charge in [-0.25, -0.2) is 19.0 Å². The molecule has 0 saturated carbocycles. The number of benzene rings is 3. The quantitative estimate of drug-likeness (QED) is 0.135. The molecule has 0 aliphatic carbocycles. The van der Waals surface area contributed by atoms with Crippen molar-refractivity contribution < 1.29 is 27.4 Å². The number of aliphatic hydroxyl groups is 1. The maximum atomic E-state index is 14.0. The van der Waals surface area contributed by atoms with Crippen molar-refractivity contribution in [3.63, 3.8) is 0 Å². The number of thioether (sulfide) groups is 1. The lowest BCUT2D eigenvalue weighted by Crippen LogP contribution is -2.41. The van der Waals surface area contributed by atoms with Crippen LogP contribution in [0.25, 0.3) is 17.1 Å². The Morgan fingerprint density at radius 2 is 1.72 bits per heavy atom. The van der Waals surface area contributed by atoms with E-state index in [1.54, 1.807) is 23.9 Å². The summed E-state index contributed by atoms with van der Waals surface area (Å²) in [5, 5.41) is 19.3. The molecule has 1 aliphatic rings. The first-order chi connectivity index (χ1) is 21.9. The average Bonchev–Trinajstić information content (AvgIpc) is 3.51. The summed E-state index contributed by atoms with van der Waals surface area (Å²) in [7, 11) is 0. The number of aliphatic hydroxyl groups excluding tert-OH is 1. The fourth-order valence-corrected chi connectivity index (χ4v) is 6.17. The van der Waals surface area contributed by atoms with E-state index in [0.717, 1.165) is 41.1 Å². The molecule has 1 fully saturated rings. The molecular weight excluding hydrogens is 620 g/mol. The number of rotatable bonds is 10. The van der Waals surface area contributed by atoms with Crippen LogP contribution in [0.5, 0.6) is 5.75 Å². The van der Waals surface area contributed by atoms with Gasteiger partial charge in [-0.2, -0.15) is 0 Å². The normalized spacial score (nSPS) is 16.9. The highest BCUT2D eigenvalue weighted by Gasteiger charge is 2.31. The summed E-state index contributed by atoms with van der Waals surface area (Å²) >= 11 is 1.58. The molecule has 46 heavy (non-hydrogen) atoms. The van der Waals surface area contributed by atoms with Crippen LogP contribution in [-0.2, 0) is 0 Å². The molecule has 0 amide bonds. The topological polar surface area (TPSA) is 87.8 Å². The van der Waals surface area contributed by atoms with Gasteiger partial charge in [-0.05, 0) is 78.8 Å². The number of alkyl halides is 3. The second-order valence-corrected chi connectivity index (χ2v) is 12.5. The van der Waals surface area contributed by atoms with Crippen LogP contribution in [0.3, 0.4) is 0 Å². The van der Waals surface area contributed by atoms with E-state index in [1.807, 2.05) is 45.0 Å². The molecule has 3 aromatic carbocycles. The van der Waals surface area contributed by atoms with E-state index in [2.05, 4.69) is 37.0 Å². The number of hydrogen-bond donors (Lipinski definition) is 2. The number of aromatic nitrogens is 3. The number of aliphatic imine (C=N–C) groups is 1. The SMILES string of the molecule is CC(C)c1cc(F)ccc1N1CCCS/C1=N\C(O)NC(C)C(C)c1ccc(-c2ncn(-c3ccc(OC(F)(F)F)cc3)n2)cc1. The van der Waals surface area contributed by atoms with E-state index in [1.165, 1.54) is 41.3 Å². The van der Waals surface area contributed by atoms with Crippen molar-refractivity contribution in [2.24, 2.45) is 4.99 Å². The van der Waals surface area contributed by atoms with Gasteiger partial charge in [0, 0.05) is 29.6 Å². The second-order valence-electron chi connectivity index (χ2n) is 11.4. The van der Waals surface area contributed by atoms with Crippen LogP contribution < -0.4 is 15.0 Å². The minimum atomic E-state index is -4.76. The zero-order valence-corrected chi connectivity index (χ0v) is 26.7. The number of anilines is 1. The zero-order valence-electron chi connectivity index (χ0n) is 25.9. The van der Waals surface area contributed by atoms with E-state index in [0.29, 0.717) is 16.7 Å². The Hall–Kier alpha value is -3.94. The first kappa shape index (κ1) is 33.4. The number of nitrogens with one attached hydrogen (secondary N) is 1. The Bertz CT molecular complexity index is 1640. The number of nitrogens with zero attached hydrogens (tertiary/aromatic N) is 5. The van der Waals surface area contributed by atoms with Crippen LogP contribution in [0, 0.1) is 5.82 Å². The van der Waals surface area contributed by atoms with Crippen molar-refractivity contribution in [2.45, 2.75) is 64.7 Å². The third-order valence-corrected chi connectivity index (χ3v) is 8.88. The van der Waals surface area contributed by atoms with Crippen LogP contribution in [0.4, 0.5) is 23.2 Å². The molecule has 0 bridgehead atoms. The van der Waals surface area contributed by atoms with Gasteiger partial charge in [0.05, 0.1) is 5.69 Å². The van der Waals surface area contributed by atoms with E-state index >= 15 is 0 Å². The summed E-state index contributed by atoms with van der Waals surface area (Å²) in [6, 6.07) is 17.8. The molecule has 13 heteroatoms. The van der Waals surface area contributed by atoms with Crippen molar-refractivity contribution in [3.05, 3.63) is 90.0 Å². The minimum Gasteiger partial charge on any atom is -0.406 e. The fraction of sp³-hybridized carbons (Fsp3) is 0.364. The third kappa shape index (κ3) is 8.25. The van der Waals surface area contributed by atoms with E-state index in [9.17, 15) is 22.7 Å². The van der Waals surface area contributed by atoms with Crippen LogP contribution in [0.2, 0.25) is 0 Å². The van der Waals surface area contributed by atoms with Crippen molar-refractivity contribution >= 4 is 22.6 Å². The van der Waals surface area contributed by atoms with Gasteiger partial charge >= 0.3 is 6.36 Å². The van der Waals surface area contributed by atoms with Gasteiger partial charge in [0.15, 0.2) is 11.0 Å². The highest BCUT2D eigenvalue weighted by Crippen LogP contribution is 2.33. The van der Waals surface area contributed by atoms with Crippen LogP contribution >= 0.6 is 11.8 Å². The van der Waals surface area contributed by atoms with Gasteiger partial charge in [-0.15, -0.1) is 18.3 Å². The van der Waals surface area contributed by atoms with Gasteiger partial charge < -0.3 is 14.7 Å². The third-order valence-electron chi connectivity index (χ3n) is 7.81. The van der Waals surface area contributed by atoms with Crippen LogP contribution in [0.1, 0.15) is 57.1 Å². The molecule has 0 spiro atoms. The molecule has 1 aromatic heterocycles. The number of halogens is 4. The Balaban J connectivity index is 1.22. The van der Waals surface area contributed by atoms with E-state index in [4.69, 9.17) is 0 Å². The van der Waals surface area contributed by atoms with Gasteiger partial charge in [-0.1, -0.05) is 56.8 Å². The molecule has 244 valence electrons. The standard InChI is InChI=1S/C33H36F4N6O2S/c1-20(2)28-18-25(34)10-15-29(28)42-16-5-17-46-32(42)40-31(44)39-22(4)21(3)23-6-8-24(9-7-23)30-38-19-43(41-30)26-11-13-27(14-12-26)45-33(35,36)37/h6-15,18-22,31,39,44H,5,16-17H2,1-4H3/b40-32-. The van der Waals surface area contributed by atoms with Crippen molar-refractivity contribution in [1.82, 2.24) is 20.1 Å². The van der Waals surface area contributed by atoms with Gasteiger partial charge in [0.25, 0.3) is 0 Å². The molecular formula is C33H36F4N6O2S. The molecule has 1 aliphatic heterocycles. The highest BCUT2D eigenvalue weighted by molar-refractivity contribution is 8.14. The summed E-state index contributed by atoms with van der Waals surface area (Å²) in [6.45, 7) is 8.84. The van der Waals surface area contributed by atoms with Crippen molar-refractivity contribution in [1.29, 1.82) is 0 Å². The summed E-state index contributed by atoms with van der Waals surface area (Å²) in [4.78, 5) is 11.0. The van der Waals surface area contributed by atoms with Gasteiger partial charge in [0.1, 0.15) is 17.9 Å². The predicted octanol–water partition coefficient (Wildman–Crippen LogP) is 7.45. The maximum absolute atomic E-state index is 14.0. The van der Waals surface area contributed by atoms with E-state index in [-0.39, 0.29) is 29.4 Å². The molecule has 8 nitrogen and oxygen atoms in total. The molecule has 1 saturated heterocycles. The molecule has 2 N–H and O–H groups in total. The molecule has 5 rings (SSSR count). The minimum absolute atomic E-state index is 0.0200. The summed E-state index contributed by atoms with van der Waals surface area (Å²) < 4.78 is 56.8. The number of amidine groups is 1. The second kappa shape index (κ2) is 14.2. The first-order valence-corrected chi connectivity index (χ1v) is 16.0. The van der Waals surface area contributed by atoms with Crippen LogP contribution in [0.15, 0.2) is 78.0 Å². The highest BCUT2D eigenvalue weighted by atomic mass is 32.2. The smallest absolute Gasteiger partial charge is 0.406 e. The Morgan fingerprint density at radius 3 is 2.39 bits per heavy atom. The number of ether oxygens (including phenoxy) is 1. The lowest BCUT2D eigenvalue weighted by molar-refractivity contribution is -0.274. The summed E-state index contributed by atoms with van der Waals surface area (Å²) in [6.07, 6.45) is -3.44.